The van der Waals surface area contributed by atoms with Crippen LogP contribution in [0.3, 0.4) is 0 Å². The lowest BCUT2D eigenvalue weighted by Crippen LogP contribution is -2.29. The van der Waals surface area contributed by atoms with Crippen LogP contribution < -0.4 is 5.32 Å². The lowest BCUT2D eigenvalue weighted by molar-refractivity contribution is 0.577. The quantitative estimate of drug-likeness (QED) is 0.929. The molecule has 1 aromatic carbocycles. The first-order chi connectivity index (χ1) is 7.58. The van der Waals surface area contributed by atoms with E-state index in [0.717, 1.165) is 23.9 Å². The highest BCUT2D eigenvalue weighted by Gasteiger charge is 2.23. The maximum absolute atomic E-state index is 12.1. The number of sulfone groups is 1. The van der Waals surface area contributed by atoms with E-state index in [4.69, 9.17) is 0 Å². The van der Waals surface area contributed by atoms with Crippen molar-refractivity contribution in [3.05, 3.63) is 28.7 Å². The first kappa shape index (κ1) is 12.1. The van der Waals surface area contributed by atoms with Crippen LogP contribution in [-0.2, 0) is 9.84 Å². The van der Waals surface area contributed by atoms with Crippen LogP contribution in [0.1, 0.15) is 12.8 Å². The van der Waals surface area contributed by atoms with Crippen molar-refractivity contribution in [1.29, 1.82) is 0 Å². The molecule has 5 heteroatoms. The fourth-order valence-electron chi connectivity index (χ4n) is 1.92. The Labute approximate surface area is 104 Å². The van der Waals surface area contributed by atoms with E-state index in [9.17, 15) is 8.42 Å². The second-order valence-electron chi connectivity index (χ2n) is 4.03. The molecule has 0 amide bonds. The Balaban J connectivity index is 2.18. The SMILES string of the molecule is O=S(=O)(CC1CCCN1)c1cccc(Br)c1. The van der Waals surface area contributed by atoms with Crippen molar-refractivity contribution in [1.82, 2.24) is 5.32 Å². The molecule has 88 valence electrons. The molecule has 1 aliphatic rings. The van der Waals surface area contributed by atoms with Crippen molar-refractivity contribution in [2.24, 2.45) is 0 Å². The van der Waals surface area contributed by atoms with Crippen LogP contribution in [0.4, 0.5) is 0 Å². The zero-order chi connectivity index (χ0) is 11.6. The molecule has 1 atom stereocenters. The zero-order valence-electron chi connectivity index (χ0n) is 8.82. The molecule has 0 bridgehead atoms. The van der Waals surface area contributed by atoms with E-state index in [-0.39, 0.29) is 11.8 Å². The summed E-state index contributed by atoms with van der Waals surface area (Å²) in [5.74, 6) is 0.198. The van der Waals surface area contributed by atoms with E-state index in [0.29, 0.717) is 4.90 Å². The molecule has 1 saturated heterocycles. The number of halogens is 1. The van der Waals surface area contributed by atoms with Gasteiger partial charge in [0, 0.05) is 10.5 Å². The molecule has 1 N–H and O–H groups in total. The van der Waals surface area contributed by atoms with E-state index in [1.165, 1.54) is 0 Å². The van der Waals surface area contributed by atoms with Gasteiger partial charge in [-0.2, -0.15) is 0 Å². The average Bonchev–Trinajstić information content (AvgIpc) is 2.70. The zero-order valence-corrected chi connectivity index (χ0v) is 11.2. The lowest BCUT2D eigenvalue weighted by atomic mass is 10.3. The van der Waals surface area contributed by atoms with Gasteiger partial charge in [-0.3, -0.25) is 0 Å². The fourth-order valence-corrected chi connectivity index (χ4v) is 4.07. The third-order valence-corrected chi connectivity index (χ3v) is 5.04. The van der Waals surface area contributed by atoms with E-state index >= 15 is 0 Å². The van der Waals surface area contributed by atoms with Gasteiger partial charge in [0.25, 0.3) is 0 Å². The number of rotatable bonds is 3. The van der Waals surface area contributed by atoms with Crippen molar-refractivity contribution in [3.8, 4) is 0 Å². The summed E-state index contributed by atoms with van der Waals surface area (Å²) in [6.07, 6.45) is 2.02. The molecule has 1 unspecified atom stereocenters. The summed E-state index contributed by atoms with van der Waals surface area (Å²) in [5.41, 5.74) is 0. The molecule has 1 aromatic rings. The van der Waals surface area contributed by atoms with Gasteiger partial charge in [-0.1, -0.05) is 22.0 Å². The van der Waals surface area contributed by atoms with Crippen LogP contribution in [0, 0.1) is 0 Å². The monoisotopic (exact) mass is 303 g/mol. The Morgan fingerprint density at radius 2 is 2.25 bits per heavy atom. The summed E-state index contributed by atoms with van der Waals surface area (Å²) in [6.45, 7) is 0.929. The van der Waals surface area contributed by atoms with E-state index in [1.807, 2.05) is 6.07 Å². The van der Waals surface area contributed by atoms with Gasteiger partial charge in [-0.25, -0.2) is 8.42 Å². The predicted octanol–water partition coefficient (Wildman–Crippen LogP) is 1.97. The second kappa shape index (κ2) is 4.85. The second-order valence-corrected chi connectivity index (χ2v) is 6.98. The number of hydrogen-bond donors (Lipinski definition) is 1. The minimum absolute atomic E-state index is 0.115. The number of hydrogen-bond acceptors (Lipinski definition) is 3. The van der Waals surface area contributed by atoms with Gasteiger partial charge < -0.3 is 5.32 Å². The lowest BCUT2D eigenvalue weighted by Gasteiger charge is -2.10. The molecule has 16 heavy (non-hydrogen) atoms. The maximum Gasteiger partial charge on any atom is 0.179 e. The molecule has 1 fully saturated rings. The predicted molar refractivity (Wildman–Crippen MR) is 67.2 cm³/mol. The van der Waals surface area contributed by atoms with Gasteiger partial charge in [0.1, 0.15) is 0 Å². The van der Waals surface area contributed by atoms with Crippen molar-refractivity contribution >= 4 is 25.8 Å². The topological polar surface area (TPSA) is 46.2 Å². The Kier molecular flexibility index (Phi) is 3.66. The van der Waals surface area contributed by atoms with Gasteiger partial charge in [0.05, 0.1) is 10.6 Å². The molecule has 0 aromatic heterocycles. The minimum atomic E-state index is -3.16. The standard InChI is InChI=1S/C11H14BrNO2S/c12-9-3-1-5-11(7-9)16(14,15)8-10-4-2-6-13-10/h1,3,5,7,10,13H,2,4,6,8H2. The van der Waals surface area contributed by atoms with Crippen LogP contribution in [-0.4, -0.2) is 26.8 Å². The van der Waals surface area contributed by atoms with Crippen molar-refractivity contribution in [2.45, 2.75) is 23.8 Å². The summed E-state index contributed by atoms with van der Waals surface area (Å²) in [7, 11) is -3.16. The van der Waals surface area contributed by atoms with E-state index < -0.39 is 9.84 Å². The Morgan fingerprint density at radius 1 is 1.44 bits per heavy atom. The molecule has 0 spiro atoms. The number of benzene rings is 1. The average molecular weight is 304 g/mol. The van der Waals surface area contributed by atoms with Crippen LogP contribution in [0.25, 0.3) is 0 Å². The van der Waals surface area contributed by atoms with Crippen LogP contribution >= 0.6 is 15.9 Å². The van der Waals surface area contributed by atoms with Crippen molar-refractivity contribution in [2.75, 3.05) is 12.3 Å². The Morgan fingerprint density at radius 3 is 2.88 bits per heavy atom. The molecule has 0 aliphatic carbocycles. The smallest absolute Gasteiger partial charge is 0.179 e. The summed E-state index contributed by atoms with van der Waals surface area (Å²) in [4.78, 5) is 0.399. The van der Waals surface area contributed by atoms with Gasteiger partial charge in [0.15, 0.2) is 9.84 Å². The highest BCUT2D eigenvalue weighted by Crippen LogP contribution is 2.19. The first-order valence-electron chi connectivity index (χ1n) is 5.30. The summed E-state index contributed by atoms with van der Waals surface area (Å²) >= 11 is 3.29. The van der Waals surface area contributed by atoms with Gasteiger partial charge in [-0.15, -0.1) is 0 Å². The molecule has 0 radical (unpaired) electrons. The first-order valence-corrected chi connectivity index (χ1v) is 7.74. The van der Waals surface area contributed by atoms with E-state index in [2.05, 4.69) is 21.2 Å². The third-order valence-electron chi connectivity index (χ3n) is 2.74. The highest BCUT2D eigenvalue weighted by molar-refractivity contribution is 9.10. The van der Waals surface area contributed by atoms with Crippen LogP contribution in [0.15, 0.2) is 33.6 Å². The van der Waals surface area contributed by atoms with E-state index in [1.54, 1.807) is 18.2 Å². The van der Waals surface area contributed by atoms with Crippen LogP contribution in [0.2, 0.25) is 0 Å². The largest absolute Gasteiger partial charge is 0.313 e. The molecule has 3 nitrogen and oxygen atoms in total. The minimum Gasteiger partial charge on any atom is -0.313 e. The highest BCUT2D eigenvalue weighted by atomic mass is 79.9. The Hall–Kier alpha value is -0.390. The third kappa shape index (κ3) is 2.84. The molecular formula is C11H14BrNO2S. The van der Waals surface area contributed by atoms with Crippen molar-refractivity contribution in [3.63, 3.8) is 0 Å². The van der Waals surface area contributed by atoms with Gasteiger partial charge in [0.2, 0.25) is 0 Å². The van der Waals surface area contributed by atoms with Gasteiger partial charge >= 0.3 is 0 Å². The van der Waals surface area contributed by atoms with Crippen LogP contribution in [0.5, 0.6) is 0 Å². The maximum atomic E-state index is 12.1. The summed E-state index contributed by atoms with van der Waals surface area (Å²) < 4.78 is 25.0. The molecular weight excluding hydrogens is 290 g/mol. The van der Waals surface area contributed by atoms with Crippen molar-refractivity contribution < 1.29 is 8.42 Å². The molecule has 2 rings (SSSR count). The Bertz CT molecular complexity index is 467. The molecule has 0 saturated carbocycles. The summed E-state index contributed by atoms with van der Waals surface area (Å²) in [5, 5.41) is 3.21. The fraction of sp³-hybridized carbons (Fsp3) is 0.455. The molecule has 1 heterocycles. The normalized spacial score (nSPS) is 21.2. The summed E-state index contributed by atoms with van der Waals surface area (Å²) in [6, 6.07) is 6.99. The number of nitrogens with one attached hydrogen (secondary N) is 1. The van der Waals surface area contributed by atoms with Gasteiger partial charge in [-0.05, 0) is 37.6 Å². The molecule has 1 aliphatic heterocycles.